The summed E-state index contributed by atoms with van der Waals surface area (Å²) in [5.74, 6) is -0.462. The Morgan fingerprint density at radius 1 is 0.675 bits per heavy atom. The first-order chi connectivity index (χ1) is 18.2. The molecule has 0 amide bonds. The second-order valence-electron chi connectivity index (χ2n) is 8.88. The van der Waals surface area contributed by atoms with Crippen LogP contribution in [-0.2, 0) is 45.3 Å². The first-order valence-electron chi connectivity index (χ1n) is 13.7. The maximum absolute atomic E-state index is 12.0. The van der Waals surface area contributed by atoms with Crippen LogP contribution in [-0.4, -0.2) is 90.3 Å². The number of ether oxygens (including phenoxy) is 2. The van der Waals surface area contributed by atoms with E-state index in [0.29, 0.717) is 18.9 Å². The molecule has 0 saturated carbocycles. The maximum Gasteiger partial charge on any atom is 0.671 e. The van der Waals surface area contributed by atoms with Gasteiger partial charge in [0, 0.05) is 79.3 Å². The molecule has 0 fully saturated rings. The molecule has 11 nitrogen and oxygen atoms in total. The Kier molecular flexibility index (Phi) is 35.2. The molecule has 14 heteroatoms. The van der Waals surface area contributed by atoms with Crippen molar-refractivity contribution < 1.29 is 88.2 Å². The van der Waals surface area contributed by atoms with Crippen molar-refractivity contribution in [2.45, 2.75) is 94.5 Å². The van der Waals surface area contributed by atoms with Crippen LogP contribution in [0.25, 0.3) is 0 Å². The second-order valence-corrected chi connectivity index (χ2v) is 14.6. The molecule has 0 aromatic rings. The summed E-state index contributed by atoms with van der Waals surface area (Å²) in [4.78, 5) is 23.1. The third kappa shape index (κ3) is 20.3. The minimum absolute atomic E-state index is 0. The zero-order valence-corrected chi connectivity index (χ0v) is 30.5. The van der Waals surface area contributed by atoms with E-state index < -0.39 is 28.7 Å². The first-order valence-corrected chi connectivity index (χ1v) is 17.2. The van der Waals surface area contributed by atoms with Crippen molar-refractivity contribution in [2.75, 3.05) is 55.4 Å². The van der Waals surface area contributed by atoms with E-state index in [4.69, 9.17) is 40.8 Å². The monoisotopic (exact) mass is 644 g/mol. The molecule has 0 bridgehead atoms. The second kappa shape index (κ2) is 28.1. The maximum atomic E-state index is 12.0. The average molecular weight is 645 g/mol. The summed E-state index contributed by atoms with van der Waals surface area (Å²) < 4.78 is 42.7. The number of carbonyl (C=O) groups excluding carboxylic acids is 2. The summed E-state index contributed by atoms with van der Waals surface area (Å²) in [6.45, 7) is 19.5. The van der Waals surface area contributed by atoms with E-state index in [-0.39, 0.29) is 69.5 Å². The van der Waals surface area contributed by atoms with Crippen molar-refractivity contribution in [1.29, 1.82) is 0 Å². The van der Waals surface area contributed by atoms with Crippen LogP contribution in [0.2, 0.25) is 6.04 Å². The van der Waals surface area contributed by atoms with E-state index in [1.807, 2.05) is 69.2 Å². The van der Waals surface area contributed by atoms with Crippen LogP contribution in [0.3, 0.4) is 0 Å². The van der Waals surface area contributed by atoms with Crippen LogP contribution in [0.5, 0.6) is 0 Å². The van der Waals surface area contributed by atoms with Gasteiger partial charge in [0.15, 0.2) is 0 Å². The summed E-state index contributed by atoms with van der Waals surface area (Å²) in [6.07, 6.45) is 1.99. The Hall–Kier alpha value is 0.354. The van der Waals surface area contributed by atoms with E-state index in [1.165, 1.54) is 35.5 Å². The topological polar surface area (TPSA) is 128 Å². The van der Waals surface area contributed by atoms with Gasteiger partial charge in [0.05, 0.1) is 24.0 Å². The van der Waals surface area contributed by atoms with Crippen LogP contribution >= 0.6 is 0 Å². The number of hydrogen-bond donors (Lipinski definition) is 1. The normalized spacial score (nSPS) is 11.3. The van der Waals surface area contributed by atoms with E-state index in [1.54, 1.807) is 0 Å². The Morgan fingerprint density at radius 2 is 1.02 bits per heavy atom. The largest absolute Gasteiger partial charge is 0.671 e. The molecule has 246 valence electrons. The van der Waals surface area contributed by atoms with Crippen LogP contribution < -0.4 is 0 Å². The van der Waals surface area contributed by atoms with E-state index >= 15 is 0 Å². The van der Waals surface area contributed by atoms with Gasteiger partial charge in [-0.1, -0.05) is 41.5 Å². The third-order valence-corrected chi connectivity index (χ3v) is 11.7. The molecule has 40 heavy (non-hydrogen) atoms. The molecule has 0 unspecified atom stereocenters. The molecule has 0 aromatic heterocycles. The molecule has 0 aromatic carbocycles. The Balaban J connectivity index is -0.000000214. The minimum Gasteiger partial charge on any atom is -0.465 e. The van der Waals surface area contributed by atoms with Crippen molar-refractivity contribution in [3.05, 3.63) is 0 Å². The van der Waals surface area contributed by atoms with Crippen molar-refractivity contribution in [3.8, 4) is 0 Å². The Bertz CT molecular complexity index is 593. The molecule has 0 aliphatic heterocycles. The molecule has 0 heterocycles. The molecular weight excluding hydrogens is 584 g/mol. The van der Waals surface area contributed by atoms with Crippen LogP contribution in [0.1, 0.15) is 88.5 Å². The smallest absolute Gasteiger partial charge is 0.465 e. The van der Waals surface area contributed by atoms with E-state index in [9.17, 15) is 9.59 Å². The predicted octanol–water partition coefficient (Wildman–Crippen LogP) is 4.99. The number of hydrogen-bond acceptors (Lipinski definition) is 11. The van der Waals surface area contributed by atoms with Crippen molar-refractivity contribution >= 4 is 29.8 Å². The zero-order chi connectivity index (χ0) is 31.8. The SMILES string of the molecule is CC.CC.CCC(C)(C)C(=O)OCCC[Si](OC)(OC)O[Si](OC)(OC)OC.CCC(C)(C)C(=O)OCCO.[Ar]. The van der Waals surface area contributed by atoms with Gasteiger partial charge in [-0.25, -0.2) is 0 Å². The molecule has 0 aliphatic rings. The Labute approximate surface area is 277 Å². The van der Waals surface area contributed by atoms with Crippen LogP contribution in [0, 0.1) is 48.6 Å². The summed E-state index contributed by atoms with van der Waals surface area (Å²) in [6, 6.07) is 0.435. The number of carbonyl (C=O) groups is 2. The molecule has 0 aliphatic carbocycles. The minimum atomic E-state index is -3.31. The summed E-state index contributed by atoms with van der Waals surface area (Å²) >= 11 is 0. The Morgan fingerprint density at radius 3 is 1.30 bits per heavy atom. The molecule has 0 spiro atoms. The molecule has 0 rings (SSSR count). The van der Waals surface area contributed by atoms with E-state index in [2.05, 4.69) is 0 Å². The standard InChI is InChI=1S/C14H32O8Si2.C8H16O3.2C2H6.Ar/c1-9-14(2,3)13(15)21-11-10-12-23(16-4,17-5)22-24(18-6,19-7)20-8;1-4-8(2,3)7(10)11-6-5-9;2*1-2;/h9-12H2,1-8H3;9H,4-6H2,1-3H3;2*1-2H3;. The van der Waals surface area contributed by atoms with Gasteiger partial charge in [0.2, 0.25) is 0 Å². The van der Waals surface area contributed by atoms with Crippen LogP contribution in [0.4, 0.5) is 0 Å². The molecule has 0 saturated heterocycles. The fraction of sp³-hybridized carbons (Fsp3) is 0.923. The van der Waals surface area contributed by atoms with Gasteiger partial charge >= 0.3 is 29.8 Å². The summed E-state index contributed by atoms with van der Waals surface area (Å²) in [5, 5.41) is 8.38. The number of esters is 2. The summed E-state index contributed by atoms with van der Waals surface area (Å²) in [7, 11) is 0.951. The third-order valence-electron chi connectivity index (χ3n) is 5.71. The van der Waals surface area contributed by atoms with Gasteiger partial charge < -0.3 is 40.8 Å². The fourth-order valence-electron chi connectivity index (χ4n) is 2.26. The van der Waals surface area contributed by atoms with Gasteiger partial charge in [0.25, 0.3) is 0 Å². The zero-order valence-electron chi connectivity index (χ0n) is 27.8. The molecule has 0 radical (unpaired) electrons. The average Bonchev–Trinajstić information content (AvgIpc) is 2.98. The number of rotatable bonds is 17. The number of aliphatic hydroxyl groups excluding tert-OH is 1. The van der Waals surface area contributed by atoms with Crippen molar-refractivity contribution in [3.63, 3.8) is 0 Å². The van der Waals surface area contributed by atoms with Crippen LogP contribution in [0.15, 0.2) is 0 Å². The van der Waals surface area contributed by atoms with Gasteiger partial charge in [-0.2, -0.15) is 0 Å². The summed E-state index contributed by atoms with van der Waals surface area (Å²) in [5.41, 5.74) is -0.910. The van der Waals surface area contributed by atoms with Gasteiger partial charge in [-0.15, -0.1) is 0 Å². The van der Waals surface area contributed by atoms with Crippen molar-refractivity contribution in [1.82, 2.24) is 0 Å². The predicted molar refractivity (Wildman–Crippen MR) is 157 cm³/mol. The quantitative estimate of drug-likeness (QED) is 0.131. The molecule has 0 atom stereocenters. The van der Waals surface area contributed by atoms with E-state index in [0.717, 1.165) is 6.42 Å². The van der Waals surface area contributed by atoms with Gasteiger partial charge in [-0.05, 0) is 47.0 Å². The van der Waals surface area contributed by atoms with Crippen molar-refractivity contribution in [2.24, 2.45) is 10.8 Å². The number of aliphatic hydroxyl groups is 1. The molecular formula is C26H60ArO11Si2. The van der Waals surface area contributed by atoms with Gasteiger partial charge in [-0.3, -0.25) is 9.59 Å². The fourth-order valence-corrected chi connectivity index (χ4v) is 7.51. The molecule has 1 N–H and O–H groups in total. The first kappa shape index (κ1) is 50.0. The van der Waals surface area contributed by atoms with Gasteiger partial charge in [0.1, 0.15) is 6.61 Å².